The van der Waals surface area contributed by atoms with Crippen LogP contribution in [0.15, 0.2) is 42.6 Å². The van der Waals surface area contributed by atoms with Gasteiger partial charge in [0, 0.05) is 17.5 Å². The highest BCUT2D eigenvalue weighted by Crippen LogP contribution is 2.27. The number of aromatic nitrogens is 3. The standard InChI is InChI=1S/C21H21FN4O/c1-14-11-12-23-19(13-14)24-21(27)20-17-5-3-2-4-6-18(17)26(25-20)16-9-7-15(22)8-10-16/h7-13H,2-6H2,1H3,(H,23,24,27). The van der Waals surface area contributed by atoms with Gasteiger partial charge < -0.3 is 5.32 Å². The smallest absolute Gasteiger partial charge is 0.277 e. The third-order valence-corrected chi connectivity index (χ3v) is 4.87. The van der Waals surface area contributed by atoms with Crippen molar-refractivity contribution in [2.24, 2.45) is 0 Å². The molecule has 4 rings (SSSR count). The SMILES string of the molecule is Cc1ccnc(NC(=O)c2nn(-c3ccc(F)cc3)c3c2CCCCC3)c1. The molecule has 6 heteroatoms. The van der Waals surface area contributed by atoms with Gasteiger partial charge in [0.15, 0.2) is 5.69 Å². The van der Waals surface area contributed by atoms with Gasteiger partial charge in [0.2, 0.25) is 0 Å². The van der Waals surface area contributed by atoms with Crippen molar-refractivity contribution >= 4 is 11.7 Å². The van der Waals surface area contributed by atoms with Crippen molar-refractivity contribution < 1.29 is 9.18 Å². The van der Waals surface area contributed by atoms with E-state index in [9.17, 15) is 9.18 Å². The molecule has 1 aliphatic rings. The summed E-state index contributed by atoms with van der Waals surface area (Å²) < 4.78 is 15.1. The van der Waals surface area contributed by atoms with E-state index in [1.165, 1.54) is 12.1 Å². The molecular formula is C21H21FN4O. The minimum atomic E-state index is -0.291. The van der Waals surface area contributed by atoms with Crippen molar-refractivity contribution in [2.75, 3.05) is 5.32 Å². The van der Waals surface area contributed by atoms with E-state index in [4.69, 9.17) is 0 Å². The Bertz CT molecular complexity index is 978. The van der Waals surface area contributed by atoms with E-state index >= 15 is 0 Å². The first-order valence-electron chi connectivity index (χ1n) is 9.22. The lowest BCUT2D eigenvalue weighted by molar-refractivity contribution is 0.102. The molecule has 0 fully saturated rings. The predicted octanol–water partition coefficient (Wildman–Crippen LogP) is 4.24. The highest BCUT2D eigenvalue weighted by Gasteiger charge is 2.25. The molecule has 0 spiro atoms. The first kappa shape index (κ1) is 17.4. The molecule has 0 aliphatic heterocycles. The molecule has 138 valence electrons. The van der Waals surface area contributed by atoms with E-state index in [-0.39, 0.29) is 11.7 Å². The first-order chi connectivity index (χ1) is 13.1. The van der Waals surface area contributed by atoms with Gasteiger partial charge in [0.25, 0.3) is 5.91 Å². The van der Waals surface area contributed by atoms with Crippen LogP contribution in [0.25, 0.3) is 5.69 Å². The number of anilines is 1. The second kappa shape index (κ2) is 7.31. The number of hydrogen-bond acceptors (Lipinski definition) is 3. The molecule has 1 N–H and O–H groups in total. The number of rotatable bonds is 3. The molecule has 2 heterocycles. The quantitative estimate of drug-likeness (QED) is 0.707. The average molecular weight is 364 g/mol. The zero-order chi connectivity index (χ0) is 18.8. The molecule has 5 nitrogen and oxygen atoms in total. The highest BCUT2D eigenvalue weighted by molar-refractivity contribution is 6.03. The zero-order valence-corrected chi connectivity index (χ0v) is 15.2. The van der Waals surface area contributed by atoms with E-state index < -0.39 is 0 Å². The molecular weight excluding hydrogens is 343 g/mol. The van der Waals surface area contributed by atoms with Crippen LogP contribution in [0.4, 0.5) is 10.2 Å². The number of carbonyl (C=O) groups is 1. The number of carbonyl (C=O) groups excluding carboxylic acids is 1. The monoisotopic (exact) mass is 364 g/mol. The molecule has 0 atom stereocenters. The minimum Gasteiger partial charge on any atom is -0.305 e. The predicted molar refractivity (Wildman–Crippen MR) is 102 cm³/mol. The lowest BCUT2D eigenvalue weighted by Gasteiger charge is -2.07. The topological polar surface area (TPSA) is 59.8 Å². The van der Waals surface area contributed by atoms with E-state index in [1.807, 2.05) is 19.1 Å². The van der Waals surface area contributed by atoms with Crippen molar-refractivity contribution in [1.82, 2.24) is 14.8 Å². The number of fused-ring (bicyclic) bond motifs is 1. The van der Waals surface area contributed by atoms with E-state index in [2.05, 4.69) is 15.4 Å². The maximum Gasteiger partial charge on any atom is 0.277 e. The number of pyridine rings is 1. The van der Waals surface area contributed by atoms with Crippen LogP contribution < -0.4 is 5.32 Å². The molecule has 1 aromatic carbocycles. The van der Waals surface area contributed by atoms with Gasteiger partial charge in [0.1, 0.15) is 11.6 Å². The second-order valence-electron chi connectivity index (χ2n) is 6.90. The fourth-order valence-corrected chi connectivity index (χ4v) is 3.53. The van der Waals surface area contributed by atoms with E-state index in [0.29, 0.717) is 11.5 Å². The summed E-state index contributed by atoms with van der Waals surface area (Å²) in [5.74, 6) is -0.0358. The Morgan fingerprint density at radius 2 is 1.89 bits per heavy atom. The summed E-state index contributed by atoms with van der Waals surface area (Å²) in [7, 11) is 0. The summed E-state index contributed by atoms with van der Waals surface area (Å²) in [5, 5.41) is 7.46. The lowest BCUT2D eigenvalue weighted by atomic mass is 10.1. The van der Waals surface area contributed by atoms with Crippen LogP contribution in [-0.2, 0) is 12.8 Å². The van der Waals surface area contributed by atoms with Crippen LogP contribution in [0.1, 0.15) is 46.6 Å². The number of aryl methyl sites for hydroxylation is 1. The fourth-order valence-electron chi connectivity index (χ4n) is 3.53. The van der Waals surface area contributed by atoms with Gasteiger partial charge in [-0.25, -0.2) is 14.1 Å². The maximum absolute atomic E-state index is 13.3. The van der Waals surface area contributed by atoms with Crippen LogP contribution in [0.2, 0.25) is 0 Å². The third-order valence-electron chi connectivity index (χ3n) is 4.87. The Morgan fingerprint density at radius 1 is 1.11 bits per heavy atom. The summed E-state index contributed by atoms with van der Waals surface area (Å²) in [5.41, 5.74) is 4.25. The van der Waals surface area contributed by atoms with Crippen molar-refractivity contribution in [2.45, 2.75) is 39.0 Å². The lowest BCUT2D eigenvalue weighted by Crippen LogP contribution is -2.16. The van der Waals surface area contributed by atoms with Gasteiger partial charge in [-0.15, -0.1) is 0 Å². The summed E-state index contributed by atoms with van der Waals surface area (Å²) >= 11 is 0. The van der Waals surface area contributed by atoms with Crippen molar-refractivity contribution in [3.8, 4) is 5.69 Å². The normalized spacial score (nSPS) is 13.7. The molecule has 3 aromatic rings. The van der Waals surface area contributed by atoms with Gasteiger partial charge in [-0.3, -0.25) is 4.79 Å². The van der Waals surface area contributed by atoms with E-state index in [0.717, 1.165) is 54.6 Å². The van der Waals surface area contributed by atoms with Gasteiger partial charge in [-0.05, 0) is 74.6 Å². The molecule has 1 amide bonds. The molecule has 0 saturated heterocycles. The zero-order valence-electron chi connectivity index (χ0n) is 15.2. The molecule has 2 aromatic heterocycles. The summed E-state index contributed by atoms with van der Waals surface area (Å²) in [4.78, 5) is 17.1. The Labute approximate surface area is 157 Å². The summed E-state index contributed by atoms with van der Waals surface area (Å²) in [6.45, 7) is 1.95. The molecule has 27 heavy (non-hydrogen) atoms. The number of halogens is 1. The second-order valence-corrected chi connectivity index (χ2v) is 6.90. The fraction of sp³-hybridized carbons (Fsp3) is 0.286. The van der Waals surface area contributed by atoms with Crippen LogP contribution in [-0.4, -0.2) is 20.7 Å². The summed E-state index contributed by atoms with van der Waals surface area (Å²) in [6, 6.07) is 9.92. The van der Waals surface area contributed by atoms with Crippen molar-refractivity contribution in [3.63, 3.8) is 0 Å². The van der Waals surface area contributed by atoms with E-state index in [1.54, 1.807) is 23.0 Å². The number of hydrogen-bond donors (Lipinski definition) is 1. The maximum atomic E-state index is 13.3. The van der Waals surface area contributed by atoms with Crippen molar-refractivity contribution in [3.05, 3.63) is 70.9 Å². The summed E-state index contributed by atoms with van der Waals surface area (Å²) in [6.07, 6.45) is 6.56. The average Bonchev–Trinajstić information content (AvgIpc) is 2.84. The van der Waals surface area contributed by atoms with Crippen LogP contribution >= 0.6 is 0 Å². The van der Waals surface area contributed by atoms with Crippen LogP contribution in [0.5, 0.6) is 0 Å². The Morgan fingerprint density at radius 3 is 2.67 bits per heavy atom. The van der Waals surface area contributed by atoms with Gasteiger partial charge in [0.05, 0.1) is 5.69 Å². The molecule has 0 unspecified atom stereocenters. The first-order valence-corrected chi connectivity index (χ1v) is 9.22. The van der Waals surface area contributed by atoms with Gasteiger partial charge in [-0.2, -0.15) is 5.10 Å². The molecule has 0 saturated carbocycles. The molecule has 1 aliphatic carbocycles. The van der Waals surface area contributed by atoms with Gasteiger partial charge >= 0.3 is 0 Å². The Balaban J connectivity index is 1.73. The van der Waals surface area contributed by atoms with Crippen LogP contribution in [0, 0.1) is 12.7 Å². The highest BCUT2D eigenvalue weighted by atomic mass is 19.1. The third kappa shape index (κ3) is 3.60. The van der Waals surface area contributed by atoms with Crippen LogP contribution in [0.3, 0.4) is 0 Å². The van der Waals surface area contributed by atoms with Crippen molar-refractivity contribution in [1.29, 1.82) is 0 Å². The number of benzene rings is 1. The van der Waals surface area contributed by atoms with Gasteiger partial charge in [-0.1, -0.05) is 6.42 Å². The number of nitrogens with zero attached hydrogens (tertiary/aromatic N) is 3. The Kier molecular flexibility index (Phi) is 4.71. The number of amides is 1. The molecule has 0 bridgehead atoms. The molecule has 0 radical (unpaired) electrons. The number of nitrogens with one attached hydrogen (secondary N) is 1. The largest absolute Gasteiger partial charge is 0.305 e. The minimum absolute atomic E-state index is 0.257. The Hall–Kier alpha value is -3.02.